The van der Waals surface area contributed by atoms with Gasteiger partial charge in [-0.1, -0.05) is 56.7 Å². The van der Waals surface area contributed by atoms with Crippen LogP contribution in [0.2, 0.25) is 0 Å². The minimum atomic E-state index is -3.72. The molecule has 0 bridgehead atoms. The highest BCUT2D eigenvalue weighted by molar-refractivity contribution is 9.10. The number of rotatable bonds is 7. The summed E-state index contributed by atoms with van der Waals surface area (Å²) in [7, 11) is -3.72. The van der Waals surface area contributed by atoms with Crippen LogP contribution in [-0.2, 0) is 14.9 Å². The highest BCUT2D eigenvalue weighted by Crippen LogP contribution is 2.23. The molecule has 0 saturated heterocycles. The van der Waals surface area contributed by atoms with Crippen LogP contribution in [0.1, 0.15) is 23.7 Å². The Balaban J connectivity index is 2.13. The molecule has 4 nitrogen and oxygen atoms in total. The lowest BCUT2D eigenvalue weighted by atomic mass is 10.1. The fourth-order valence-electron chi connectivity index (χ4n) is 1.97. The van der Waals surface area contributed by atoms with Crippen molar-refractivity contribution < 1.29 is 13.3 Å². The van der Waals surface area contributed by atoms with E-state index in [9.17, 15) is 8.42 Å². The normalized spacial score (nSPS) is 12.8. The summed E-state index contributed by atoms with van der Waals surface area (Å²) >= 11 is 3.37. The number of benzene rings is 2. The molecule has 1 atom stereocenters. The summed E-state index contributed by atoms with van der Waals surface area (Å²) in [6.07, 6.45) is 1.73. The number of sulfonamides is 1. The maximum Gasteiger partial charge on any atom is 0.262 e. The van der Waals surface area contributed by atoms with Crippen molar-refractivity contribution in [1.29, 1.82) is 0 Å². The summed E-state index contributed by atoms with van der Waals surface area (Å²) in [6.45, 7) is 5.59. The van der Waals surface area contributed by atoms with Gasteiger partial charge in [-0.15, -0.1) is 6.58 Å². The Morgan fingerprint density at radius 1 is 1.17 bits per heavy atom. The molecule has 122 valence electrons. The summed E-state index contributed by atoms with van der Waals surface area (Å²) < 4.78 is 25.5. The van der Waals surface area contributed by atoms with Gasteiger partial charge in [0.2, 0.25) is 0 Å². The van der Waals surface area contributed by atoms with Crippen molar-refractivity contribution in [2.45, 2.75) is 24.3 Å². The number of hydrogen-bond acceptors (Lipinski definition) is 3. The first-order chi connectivity index (χ1) is 10.9. The van der Waals surface area contributed by atoms with E-state index in [0.717, 1.165) is 15.6 Å². The van der Waals surface area contributed by atoms with Crippen LogP contribution in [0.25, 0.3) is 0 Å². The molecule has 2 aromatic carbocycles. The second kappa shape index (κ2) is 7.88. The molecule has 0 unspecified atom stereocenters. The highest BCUT2D eigenvalue weighted by atomic mass is 79.9. The Bertz CT molecular complexity index is 755. The maximum atomic E-state index is 12.3. The zero-order valence-electron chi connectivity index (χ0n) is 12.7. The van der Waals surface area contributed by atoms with Crippen LogP contribution < -0.4 is 4.89 Å². The lowest BCUT2D eigenvalue weighted by Gasteiger charge is -2.17. The predicted molar refractivity (Wildman–Crippen MR) is 94.3 cm³/mol. The zero-order valence-corrected chi connectivity index (χ0v) is 15.1. The fraction of sp³-hybridized carbons (Fsp3) is 0.176. The van der Waals surface area contributed by atoms with Crippen LogP contribution in [-0.4, -0.2) is 8.42 Å². The van der Waals surface area contributed by atoms with E-state index in [2.05, 4.69) is 27.4 Å². The van der Waals surface area contributed by atoms with Crippen LogP contribution in [0.5, 0.6) is 0 Å². The molecule has 0 amide bonds. The maximum absolute atomic E-state index is 12.3. The molecule has 6 heteroatoms. The van der Waals surface area contributed by atoms with Gasteiger partial charge in [0.25, 0.3) is 10.0 Å². The summed E-state index contributed by atoms with van der Waals surface area (Å²) in [5.41, 5.74) is 1.85. The van der Waals surface area contributed by atoms with Crippen LogP contribution in [0.3, 0.4) is 0 Å². The standard InChI is InChI=1S/C17H18BrNO3S/c1-3-4-17(14-7-9-15(18)10-8-14)22-19-23(20,21)16-11-5-13(2)6-12-16/h3,5-12,17,19H,1,4H2,2H3/t17-/m1/s1. The molecule has 0 aliphatic carbocycles. The molecule has 23 heavy (non-hydrogen) atoms. The van der Waals surface area contributed by atoms with Crippen molar-refractivity contribution >= 4 is 26.0 Å². The molecule has 0 spiro atoms. The topological polar surface area (TPSA) is 55.4 Å². The van der Waals surface area contributed by atoms with Crippen molar-refractivity contribution in [1.82, 2.24) is 4.89 Å². The van der Waals surface area contributed by atoms with Crippen molar-refractivity contribution in [2.75, 3.05) is 0 Å². The lowest BCUT2D eigenvalue weighted by molar-refractivity contribution is 0.0181. The summed E-state index contributed by atoms with van der Waals surface area (Å²) in [5.74, 6) is 0. The molecule has 0 heterocycles. The Morgan fingerprint density at radius 2 is 1.78 bits per heavy atom. The van der Waals surface area contributed by atoms with Gasteiger partial charge in [0.05, 0.1) is 4.90 Å². The van der Waals surface area contributed by atoms with E-state index < -0.39 is 16.1 Å². The monoisotopic (exact) mass is 395 g/mol. The molecule has 0 saturated carbocycles. The Morgan fingerprint density at radius 3 is 2.35 bits per heavy atom. The quantitative estimate of drug-likeness (QED) is 0.561. The van der Waals surface area contributed by atoms with Gasteiger partial charge >= 0.3 is 0 Å². The number of aryl methyl sites for hydroxylation is 1. The number of hydrogen-bond donors (Lipinski definition) is 1. The largest absolute Gasteiger partial charge is 0.278 e. The lowest BCUT2D eigenvalue weighted by Crippen LogP contribution is -2.26. The summed E-state index contributed by atoms with van der Waals surface area (Å²) in [4.78, 5) is 7.80. The van der Waals surface area contributed by atoms with Crippen LogP contribution in [0.4, 0.5) is 0 Å². The van der Waals surface area contributed by atoms with Crippen LogP contribution in [0, 0.1) is 6.92 Å². The third-order valence-corrected chi connectivity index (χ3v) is 4.99. The molecule has 1 N–H and O–H groups in total. The average Bonchev–Trinajstić information content (AvgIpc) is 2.53. The van der Waals surface area contributed by atoms with Gasteiger partial charge in [-0.2, -0.15) is 0 Å². The second-order valence-electron chi connectivity index (χ2n) is 5.08. The predicted octanol–water partition coefficient (Wildman–Crippen LogP) is 4.28. The molecular weight excluding hydrogens is 378 g/mol. The van der Waals surface area contributed by atoms with E-state index in [0.29, 0.717) is 6.42 Å². The Kier molecular flexibility index (Phi) is 6.12. The molecule has 0 aliphatic heterocycles. The van der Waals surface area contributed by atoms with Gasteiger partial charge in [-0.05, 0) is 43.2 Å². The first-order valence-electron chi connectivity index (χ1n) is 7.03. The molecule has 2 rings (SSSR count). The van der Waals surface area contributed by atoms with E-state index in [1.165, 1.54) is 0 Å². The van der Waals surface area contributed by atoms with Gasteiger partial charge < -0.3 is 0 Å². The SMILES string of the molecule is C=CC[C@@H](ONS(=O)(=O)c1ccc(C)cc1)c1ccc(Br)cc1. The third-order valence-electron chi connectivity index (χ3n) is 3.25. The molecule has 0 aliphatic rings. The number of halogens is 1. The van der Waals surface area contributed by atoms with E-state index in [4.69, 9.17) is 4.84 Å². The van der Waals surface area contributed by atoms with Gasteiger partial charge in [0.1, 0.15) is 6.10 Å². The van der Waals surface area contributed by atoms with Gasteiger partial charge in [0.15, 0.2) is 0 Å². The van der Waals surface area contributed by atoms with E-state index in [-0.39, 0.29) is 4.90 Å². The second-order valence-corrected chi connectivity index (χ2v) is 7.64. The fourth-order valence-corrected chi connectivity index (χ4v) is 3.07. The first-order valence-corrected chi connectivity index (χ1v) is 9.30. The van der Waals surface area contributed by atoms with E-state index in [1.54, 1.807) is 30.3 Å². The van der Waals surface area contributed by atoms with Gasteiger partial charge in [-0.3, -0.25) is 4.84 Å². The van der Waals surface area contributed by atoms with Crippen molar-refractivity contribution in [3.05, 3.63) is 76.8 Å². The minimum absolute atomic E-state index is 0.163. The van der Waals surface area contributed by atoms with Gasteiger partial charge in [-0.25, -0.2) is 8.42 Å². The molecule has 0 radical (unpaired) electrons. The smallest absolute Gasteiger partial charge is 0.262 e. The van der Waals surface area contributed by atoms with Crippen molar-refractivity contribution in [3.63, 3.8) is 0 Å². The third kappa shape index (κ3) is 5.00. The van der Waals surface area contributed by atoms with Crippen LogP contribution in [0.15, 0.2) is 70.6 Å². The molecule has 2 aromatic rings. The molecule has 0 fully saturated rings. The number of nitrogens with one attached hydrogen (secondary N) is 1. The average molecular weight is 396 g/mol. The molecule has 0 aromatic heterocycles. The van der Waals surface area contributed by atoms with E-state index in [1.807, 2.05) is 31.2 Å². The molecular formula is C17H18BrNO3S. The zero-order chi connectivity index (χ0) is 16.9. The summed E-state index contributed by atoms with van der Waals surface area (Å²) in [6, 6.07) is 14.1. The van der Waals surface area contributed by atoms with Crippen molar-refractivity contribution in [2.24, 2.45) is 0 Å². The van der Waals surface area contributed by atoms with Gasteiger partial charge in [0, 0.05) is 4.47 Å². The van der Waals surface area contributed by atoms with Crippen LogP contribution >= 0.6 is 15.9 Å². The Hall–Kier alpha value is -1.47. The summed E-state index contributed by atoms with van der Waals surface area (Å²) in [5, 5.41) is 0. The van der Waals surface area contributed by atoms with E-state index >= 15 is 0 Å². The highest BCUT2D eigenvalue weighted by Gasteiger charge is 2.18. The Labute approximate surface area is 145 Å². The minimum Gasteiger partial charge on any atom is -0.278 e. The van der Waals surface area contributed by atoms with Crippen molar-refractivity contribution in [3.8, 4) is 0 Å². The first kappa shape index (κ1) is 17.9.